The van der Waals surface area contributed by atoms with Crippen molar-refractivity contribution < 1.29 is 9.53 Å². The maximum Gasteiger partial charge on any atom is 0.254 e. The molecule has 0 aliphatic rings. The number of anilines is 1. The van der Waals surface area contributed by atoms with Crippen LogP contribution in [0, 0.1) is 0 Å². The first-order valence-corrected chi connectivity index (χ1v) is 8.14. The first kappa shape index (κ1) is 16.0. The van der Waals surface area contributed by atoms with Gasteiger partial charge in [0.25, 0.3) is 5.91 Å². The molecule has 0 aliphatic heterocycles. The van der Waals surface area contributed by atoms with Crippen molar-refractivity contribution in [3.05, 3.63) is 50.6 Å². The van der Waals surface area contributed by atoms with Gasteiger partial charge in [0.1, 0.15) is 0 Å². The molecule has 4 nitrogen and oxygen atoms in total. The van der Waals surface area contributed by atoms with Crippen molar-refractivity contribution in [1.82, 2.24) is 4.90 Å². The molecule has 0 spiro atoms. The summed E-state index contributed by atoms with van der Waals surface area (Å²) in [6.45, 7) is 1.63. The zero-order valence-corrected chi connectivity index (χ0v) is 14.1. The van der Waals surface area contributed by atoms with E-state index in [1.165, 1.54) is 0 Å². The Labute approximate surface area is 136 Å². The topological polar surface area (TPSA) is 55.6 Å². The van der Waals surface area contributed by atoms with Crippen molar-refractivity contribution in [3.8, 4) is 0 Å². The second-order valence-corrected chi connectivity index (χ2v) is 6.42. The van der Waals surface area contributed by atoms with E-state index in [-0.39, 0.29) is 5.91 Å². The van der Waals surface area contributed by atoms with Crippen molar-refractivity contribution >= 4 is 38.9 Å². The van der Waals surface area contributed by atoms with E-state index in [0.29, 0.717) is 30.9 Å². The maximum absolute atomic E-state index is 12.6. The van der Waals surface area contributed by atoms with Crippen LogP contribution in [-0.2, 0) is 11.3 Å². The molecular formula is C15H17BrN2O2S. The third-order valence-electron chi connectivity index (χ3n) is 3.02. The molecule has 0 saturated carbocycles. The van der Waals surface area contributed by atoms with Gasteiger partial charge in [-0.2, -0.15) is 0 Å². The average molecular weight is 369 g/mol. The van der Waals surface area contributed by atoms with E-state index >= 15 is 0 Å². The molecule has 0 aliphatic carbocycles. The van der Waals surface area contributed by atoms with Crippen molar-refractivity contribution in [1.29, 1.82) is 0 Å². The van der Waals surface area contributed by atoms with Crippen LogP contribution in [0.2, 0.25) is 0 Å². The Hall–Kier alpha value is -1.37. The Bertz CT molecular complexity index is 602. The first-order valence-electron chi connectivity index (χ1n) is 6.47. The minimum atomic E-state index is -0.0420. The predicted octanol–water partition coefficient (Wildman–Crippen LogP) is 3.38. The van der Waals surface area contributed by atoms with E-state index in [9.17, 15) is 4.79 Å². The number of nitrogens with two attached hydrogens (primary N) is 1. The molecule has 2 aromatic rings. The van der Waals surface area contributed by atoms with Gasteiger partial charge in [-0.1, -0.05) is 6.07 Å². The van der Waals surface area contributed by atoms with Crippen LogP contribution in [-0.4, -0.2) is 31.1 Å². The molecule has 0 atom stereocenters. The number of nitrogen functional groups attached to an aromatic ring is 1. The molecule has 0 bridgehead atoms. The quantitative estimate of drug-likeness (QED) is 0.795. The number of carbonyl (C=O) groups is 1. The van der Waals surface area contributed by atoms with E-state index in [1.54, 1.807) is 41.5 Å². The smallest absolute Gasteiger partial charge is 0.254 e. The molecule has 1 heterocycles. The lowest BCUT2D eigenvalue weighted by atomic mass is 10.1. The number of amides is 1. The van der Waals surface area contributed by atoms with Gasteiger partial charge in [0, 0.05) is 34.3 Å². The highest BCUT2D eigenvalue weighted by molar-refractivity contribution is 9.10. The summed E-state index contributed by atoms with van der Waals surface area (Å²) in [6.07, 6.45) is 0. The molecule has 6 heteroatoms. The van der Waals surface area contributed by atoms with Crippen LogP contribution in [0.4, 0.5) is 5.69 Å². The van der Waals surface area contributed by atoms with Crippen LogP contribution in [0.25, 0.3) is 0 Å². The van der Waals surface area contributed by atoms with Crippen LogP contribution in [0.15, 0.2) is 40.2 Å². The second kappa shape index (κ2) is 7.59. The van der Waals surface area contributed by atoms with Gasteiger partial charge in [0.15, 0.2) is 0 Å². The fraction of sp³-hybridized carbons (Fsp3) is 0.267. The number of hydrogen-bond donors (Lipinski definition) is 1. The molecule has 0 radical (unpaired) electrons. The van der Waals surface area contributed by atoms with Gasteiger partial charge in [-0.25, -0.2) is 0 Å². The first-order chi connectivity index (χ1) is 10.1. The molecule has 2 N–H and O–H groups in total. The number of ether oxygens (including phenoxy) is 1. The molecule has 112 valence electrons. The number of halogens is 1. The molecule has 1 aromatic heterocycles. The van der Waals surface area contributed by atoms with E-state index in [0.717, 1.165) is 9.35 Å². The third-order valence-corrected chi connectivity index (χ3v) is 4.61. The number of methoxy groups -OCH3 is 1. The minimum Gasteiger partial charge on any atom is -0.398 e. The number of carbonyl (C=O) groups excluding carboxylic acids is 1. The van der Waals surface area contributed by atoms with Gasteiger partial charge >= 0.3 is 0 Å². The van der Waals surface area contributed by atoms with Crippen molar-refractivity contribution in [2.45, 2.75) is 6.54 Å². The Morgan fingerprint density at radius 3 is 2.86 bits per heavy atom. The lowest BCUT2D eigenvalue weighted by Gasteiger charge is -2.22. The second-order valence-electron chi connectivity index (χ2n) is 4.54. The molecule has 2 rings (SSSR count). The standard InChI is InChI=1S/C15H17BrN2O2S/c1-20-7-6-18(10-12-3-2-8-21-12)15(19)11-4-5-13(16)14(17)9-11/h2-5,8-9H,6-7,10,17H2,1H3. The third kappa shape index (κ3) is 4.30. The van der Waals surface area contributed by atoms with Crippen LogP contribution in [0.1, 0.15) is 15.2 Å². The number of rotatable bonds is 6. The molecular weight excluding hydrogens is 352 g/mol. The number of hydrogen-bond acceptors (Lipinski definition) is 4. The summed E-state index contributed by atoms with van der Waals surface area (Å²) in [5.41, 5.74) is 7.00. The van der Waals surface area contributed by atoms with Gasteiger partial charge in [-0.15, -0.1) is 11.3 Å². The Morgan fingerprint density at radius 2 is 2.24 bits per heavy atom. The highest BCUT2D eigenvalue weighted by Gasteiger charge is 2.17. The molecule has 1 amide bonds. The lowest BCUT2D eigenvalue weighted by molar-refractivity contribution is 0.0682. The monoisotopic (exact) mass is 368 g/mol. The summed E-state index contributed by atoms with van der Waals surface area (Å²) in [4.78, 5) is 15.6. The Kier molecular flexibility index (Phi) is 5.78. The number of nitrogens with zero attached hydrogens (tertiary/aromatic N) is 1. The summed E-state index contributed by atoms with van der Waals surface area (Å²) in [6, 6.07) is 9.27. The SMILES string of the molecule is COCCN(Cc1cccs1)C(=O)c1ccc(Br)c(N)c1. The molecule has 0 saturated heterocycles. The van der Waals surface area contributed by atoms with E-state index in [1.807, 2.05) is 17.5 Å². The number of thiophene rings is 1. The van der Waals surface area contributed by atoms with Crippen molar-refractivity contribution in [2.24, 2.45) is 0 Å². The van der Waals surface area contributed by atoms with Crippen LogP contribution in [0.3, 0.4) is 0 Å². The molecule has 1 aromatic carbocycles. The zero-order valence-electron chi connectivity index (χ0n) is 11.7. The maximum atomic E-state index is 12.6. The van der Waals surface area contributed by atoms with Gasteiger partial charge in [0.05, 0.1) is 13.2 Å². The molecule has 0 unspecified atom stereocenters. The highest BCUT2D eigenvalue weighted by Crippen LogP contribution is 2.22. The normalized spacial score (nSPS) is 10.6. The summed E-state index contributed by atoms with van der Waals surface area (Å²) in [5, 5.41) is 2.01. The van der Waals surface area contributed by atoms with Gasteiger partial charge in [-0.3, -0.25) is 4.79 Å². The Balaban J connectivity index is 2.18. The largest absolute Gasteiger partial charge is 0.398 e. The number of benzene rings is 1. The summed E-state index contributed by atoms with van der Waals surface area (Å²) in [7, 11) is 1.63. The van der Waals surface area contributed by atoms with Crippen molar-refractivity contribution in [3.63, 3.8) is 0 Å². The fourth-order valence-corrected chi connectivity index (χ4v) is 2.87. The molecule has 21 heavy (non-hydrogen) atoms. The minimum absolute atomic E-state index is 0.0420. The van der Waals surface area contributed by atoms with E-state index < -0.39 is 0 Å². The average Bonchev–Trinajstić information content (AvgIpc) is 2.98. The summed E-state index contributed by atoms with van der Waals surface area (Å²) >= 11 is 4.97. The zero-order chi connectivity index (χ0) is 15.2. The summed E-state index contributed by atoms with van der Waals surface area (Å²) < 4.78 is 5.89. The van der Waals surface area contributed by atoms with Crippen LogP contribution in [0.5, 0.6) is 0 Å². The lowest BCUT2D eigenvalue weighted by Crippen LogP contribution is -2.33. The highest BCUT2D eigenvalue weighted by atomic mass is 79.9. The van der Waals surface area contributed by atoms with E-state index in [4.69, 9.17) is 10.5 Å². The van der Waals surface area contributed by atoms with Crippen LogP contribution >= 0.6 is 27.3 Å². The Morgan fingerprint density at radius 1 is 1.43 bits per heavy atom. The van der Waals surface area contributed by atoms with Gasteiger partial charge < -0.3 is 15.4 Å². The predicted molar refractivity (Wildman–Crippen MR) is 89.5 cm³/mol. The fourth-order valence-electron chi connectivity index (χ4n) is 1.90. The van der Waals surface area contributed by atoms with Gasteiger partial charge in [-0.05, 0) is 45.6 Å². The van der Waals surface area contributed by atoms with Crippen molar-refractivity contribution in [2.75, 3.05) is 26.0 Å². The molecule has 0 fully saturated rings. The van der Waals surface area contributed by atoms with Gasteiger partial charge in [0.2, 0.25) is 0 Å². The van der Waals surface area contributed by atoms with Crippen LogP contribution < -0.4 is 5.73 Å². The summed E-state index contributed by atoms with van der Waals surface area (Å²) in [5.74, 6) is -0.0420. The van der Waals surface area contributed by atoms with E-state index in [2.05, 4.69) is 15.9 Å².